The van der Waals surface area contributed by atoms with Crippen molar-refractivity contribution in [3.05, 3.63) is 54.5 Å². The number of benzene rings is 1. The van der Waals surface area contributed by atoms with Crippen LogP contribution in [0, 0.1) is 0 Å². The lowest BCUT2D eigenvalue weighted by Gasteiger charge is -2.37. The van der Waals surface area contributed by atoms with E-state index in [9.17, 15) is 4.79 Å². The summed E-state index contributed by atoms with van der Waals surface area (Å²) < 4.78 is 13.6. The molecule has 150 valence electrons. The Bertz CT molecular complexity index is 1000. The predicted octanol–water partition coefficient (Wildman–Crippen LogP) is 2.72. The fourth-order valence-electron chi connectivity index (χ4n) is 4.23. The standard InChI is InChI=1S/C22H24N4O3/c27-20(25-13-10-22(11-14-25)28-15-16-29-22)9-8-19-24-18-7-4-12-23-21(18)26(19)17-5-2-1-3-6-17/h1-7,12H,8-11,13-16H2. The number of pyridine rings is 1. The summed E-state index contributed by atoms with van der Waals surface area (Å²) in [4.78, 5) is 24.0. The van der Waals surface area contributed by atoms with Crippen LogP contribution in [0.2, 0.25) is 0 Å². The molecule has 0 N–H and O–H groups in total. The number of likely N-dealkylation sites (tertiary alicyclic amines) is 1. The van der Waals surface area contributed by atoms with Crippen molar-refractivity contribution in [2.75, 3.05) is 26.3 Å². The van der Waals surface area contributed by atoms with Crippen LogP contribution < -0.4 is 0 Å². The van der Waals surface area contributed by atoms with Gasteiger partial charge in [0.2, 0.25) is 5.91 Å². The average Bonchev–Trinajstić information content (AvgIpc) is 3.37. The van der Waals surface area contributed by atoms with Crippen molar-refractivity contribution < 1.29 is 14.3 Å². The molecule has 2 fully saturated rings. The van der Waals surface area contributed by atoms with Crippen LogP contribution in [-0.2, 0) is 20.7 Å². The van der Waals surface area contributed by atoms with E-state index in [1.54, 1.807) is 6.20 Å². The second-order valence-corrected chi connectivity index (χ2v) is 7.53. The number of nitrogens with zero attached hydrogens (tertiary/aromatic N) is 4. The molecule has 29 heavy (non-hydrogen) atoms. The van der Waals surface area contributed by atoms with Crippen molar-refractivity contribution in [2.45, 2.75) is 31.5 Å². The molecule has 0 aliphatic carbocycles. The zero-order valence-electron chi connectivity index (χ0n) is 16.3. The van der Waals surface area contributed by atoms with Gasteiger partial charge in [-0.2, -0.15) is 0 Å². The Kier molecular flexibility index (Phi) is 4.77. The normalized spacial score (nSPS) is 18.6. The van der Waals surface area contributed by atoms with Gasteiger partial charge in [0.1, 0.15) is 11.3 Å². The van der Waals surface area contributed by atoms with Gasteiger partial charge >= 0.3 is 0 Å². The van der Waals surface area contributed by atoms with Gasteiger partial charge in [-0.15, -0.1) is 0 Å². The summed E-state index contributed by atoms with van der Waals surface area (Å²) >= 11 is 0. The molecular formula is C22H24N4O3. The molecule has 0 radical (unpaired) electrons. The minimum atomic E-state index is -0.455. The molecule has 7 heteroatoms. The van der Waals surface area contributed by atoms with Crippen LogP contribution in [0.3, 0.4) is 0 Å². The van der Waals surface area contributed by atoms with Crippen LogP contribution in [0.15, 0.2) is 48.7 Å². The quantitative estimate of drug-likeness (QED) is 0.683. The van der Waals surface area contributed by atoms with E-state index in [0.717, 1.165) is 35.5 Å². The predicted molar refractivity (Wildman–Crippen MR) is 108 cm³/mol. The van der Waals surface area contributed by atoms with Crippen molar-refractivity contribution in [2.24, 2.45) is 0 Å². The maximum atomic E-state index is 12.8. The van der Waals surface area contributed by atoms with Gasteiger partial charge in [-0.1, -0.05) is 18.2 Å². The van der Waals surface area contributed by atoms with Crippen molar-refractivity contribution in [3.63, 3.8) is 0 Å². The van der Waals surface area contributed by atoms with Crippen molar-refractivity contribution in [3.8, 4) is 5.69 Å². The Labute approximate surface area is 169 Å². The number of fused-ring (bicyclic) bond motifs is 1. The summed E-state index contributed by atoms with van der Waals surface area (Å²) in [7, 11) is 0. The lowest BCUT2D eigenvalue weighted by Crippen LogP contribution is -2.47. The highest BCUT2D eigenvalue weighted by Crippen LogP contribution is 2.31. The Balaban J connectivity index is 1.31. The molecule has 2 saturated heterocycles. The molecule has 3 aromatic rings. The third kappa shape index (κ3) is 3.52. The number of amides is 1. The monoisotopic (exact) mass is 392 g/mol. The van der Waals surface area contributed by atoms with Gasteiger partial charge in [0, 0.05) is 50.7 Å². The summed E-state index contributed by atoms with van der Waals surface area (Å²) in [5.41, 5.74) is 2.66. The van der Waals surface area contributed by atoms with Crippen LogP contribution in [0.1, 0.15) is 25.1 Å². The largest absolute Gasteiger partial charge is 0.347 e. The zero-order chi connectivity index (χ0) is 19.7. The molecule has 2 aliphatic rings. The van der Waals surface area contributed by atoms with Crippen LogP contribution >= 0.6 is 0 Å². The second kappa shape index (κ2) is 7.57. The number of piperidine rings is 1. The highest BCUT2D eigenvalue weighted by molar-refractivity contribution is 5.77. The van der Waals surface area contributed by atoms with E-state index < -0.39 is 5.79 Å². The Morgan fingerprint density at radius 2 is 1.79 bits per heavy atom. The fourth-order valence-corrected chi connectivity index (χ4v) is 4.23. The fraction of sp³-hybridized carbons (Fsp3) is 0.409. The Hall–Kier alpha value is -2.77. The highest BCUT2D eigenvalue weighted by Gasteiger charge is 2.40. The molecule has 1 aromatic carbocycles. The smallest absolute Gasteiger partial charge is 0.223 e. The second-order valence-electron chi connectivity index (χ2n) is 7.53. The van der Waals surface area contributed by atoms with E-state index >= 15 is 0 Å². The van der Waals surface area contributed by atoms with Gasteiger partial charge in [0.05, 0.1) is 13.2 Å². The molecule has 0 bridgehead atoms. The Morgan fingerprint density at radius 3 is 2.55 bits per heavy atom. The molecule has 1 amide bonds. The third-order valence-electron chi connectivity index (χ3n) is 5.75. The number of aromatic nitrogens is 3. The molecule has 4 heterocycles. The molecular weight excluding hydrogens is 368 g/mol. The van der Waals surface area contributed by atoms with Gasteiger partial charge in [-0.25, -0.2) is 9.97 Å². The number of carbonyl (C=O) groups excluding carboxylic acids is 1. The van der Waals surface area contributed by atoms with Gasteiger partial charge in [-0.3, -0.25) is 9.36 Å². The summed E-state index contributed by atoms with van der Waals surface area (Å²) in [6, 6.07) is 13.9. The van der Waals surface area contributed by atoms with Gasteiger partial charge in [0.25, 0.3) is 0 Å². The minimum Gasteiger partial charge on any atom is -0.347 e. The minimum absolute atomic E-state index is 0.150. The molecule has 2 aliphatic heterocycles. The van der Waals surface area contributed by atoms with Gasteiger partial charge < -0.3 is 14.4 Å². The SMILES string of the molecule is O=C(CCc1nc2cccnc2n1-c1ccccc1)N1CCC2(CC1)OCCO2. The molecule has 0 atom stereocenters. The third-order valence-corrected chi connectivity index (χ3v) is 5.75. The number of hydrogen-bond donors (Lipinski definition) is 0. The number of imidazole rings is 1. The number of hydrogen-bond acceptors (Lipinski definition) is 5. The highest BCUT2D eigenvalue weighted by atomic mass is 16.7. The van der Waals surface area contributed by atoms with Crippen LogP contribution in [0.4, 0.5) is 0 Å². The summed E-state index contributed by atoms with van der Waals surface area (Å²) in [6.45, 7) is 2.65. The number of ether oxygens (including phenoxy) is 2. The van der Waals surface area contributed by atoms with Crippen molar-refractivity contribution >= 4 is 17.1 Å². The first-order valence-electron chi connectivity index (χ1n) is 10.2. The lowest BCUT2D eigenvalue weighted by atomic mass is 10.0. The summed E-state index contributed by atoms with van der Waals surface area (Å²) in [5, 5.41) is 0. The van der Waals surface area contributed by atoms with Crippen LogP contribution in [-0.4, -0.2) is 57.4 Å². The lowest BCUT2D eigenvalue weighted by molar-refractivity contribution is -0.187. The van der Waals surface area contributed by atoms with Gasteiger partial charge in [-0.05, 0) is 24.3 Å². The first-order chi connectivity index (χ1) is 14.2. The zero-order valence-corrected chi connectivity index (χ0v) is 16.3. The summed E-state index contributed by atoms with van der Waals surface area (Å²) in [6.07, 6.45) is 4.25. The molecule has 0 unspecified atom stereocenters. The van der Waals surface area contributed by atoms with Gasteiger partial charge in [0.15, 0.2) is 11.4 Å². The van der Waals surface area contributed by atoms with E-state index in [1.165, 1.54) is 0 Å². The first-order valence-corrected chi connectivity index (χ1v) is 10.2. The number of carbonyl (C=O) groups is 1. The average molecular weight is 392 g/mol. The molecule has 5 rings (SSSR count). The number of rotatable bonds is 4. The topological polar surface area (TPSA) is 69.5 Å². The first kappa shape index (κ1) is 18.3. The molecule has 7 nitrogen and oxygen atoms in total. The molecule has 2 aromatic heterocycles. The van der Waals surface area contributed by atoms with E-state index in [-0.39, 0.29) is 5.91 Å². The maximum absolute atomic E-state index is 12.8. The summed E-state index contributed by atoms with van der Waals surface area (Å²) in [5.74, 6) is 0.552. The number of aryl methyl sites for hydroxylation is 1. The maximum Gasteiger partial charge on any atom is 0.223 e. The van der Waals surface area contributed by atoms with Crippen molar-refractivity contribution in [1.29, 1.82) is 0 Å². The van der Waals surface area contributed by atoms with E-state index in [1.807, 2.05) is 51.9 Å². The van der Waals surface area contributed by atoms with Crippen LogP contribution in [0.25, 0.3) is 16.9 Å². The van der Waals surface area contributed by atoms with Crippen LogP contribution in [0.5, 0.6) is 0 Å². The van der Waals surface area contributed by atoms with E-state index in [0.29, 0.717) is 39.1 Å². The van der Waals surface area contributed by atoms with E-state index in [2.05, 4.69) is 4.98 Å². The number of para-hydroxylation sites is 1. The van der Waals surface area contributed by atoms with Crippen molar-refractivity contribution in [1.82, 2.24) is 19.4 Å². The molecule has 0 saturated carbocycles. The molecule has 1 spiro atoms. The van der Waals surface area contributed by atoms with E-state index in [4.69, 9.17) is 14.5 Å². The Morgan fingerprint density at radius 1 is 1.03 bits per heavy atom.